The van der Waals surface area contributed by atoms with Crippen LogP contribution in [0.3, 0.4) is 0 Å². The van der Waals surface area contributed by atoms with Gasteiger partial charge in [-0.2, -0.15) is 0 Å². The summed E-state index contributed by atoms with van der Waals surface area (Å²) in [6, 6.07) is 9.64. The number of halogens is 1. The molecule has 24 heavy (non-hydrogen) atoms. The second kappa shape index (κ2) is 7.26. The maximum Gasteiger partial charge on any atom is 0.263 e. The Bertz CT molecular complexity index is 694. The summed E-state index contributed by atoms with van der Waals surface area (Å²) in [6.07, 6.45) is 3.17. The summed E-state index contributed by atoms with van der Waals surface area (Å²) < 4.78 is 7.38. The molecule has 2 aromatic rings. The summed E-state index contributed by atoms with van der Waals surface area (Å²) in [5.41, 5.74) is 0.887. The van der Waals surface area contributed by atoms with Gasteiger partial charge in [-0.05, 0) is 37.8 Å². The molecule has 1 atom stereocenters. The molecule has 1 aromatic heterocycles. The lowest BCUT2D eigenvalue weighted by Gasteiger charge is -2.31. The van der Waals surface area contributed by atoms with Crippen molar-refractivity contribution in [1.82, 2.24) is 14.7 Å². The van der Waals surface area contributed by atoms with Gasteiger partial charge in [0.2, 0.25) is 0 Å². The minimum absolute atomic E-state index is 0.00720. The Labute approximate surface area is 147 Å². The van der Waals surface area contributed by atoms with Crippen LogP contribution in [-0.4, -0.2) is 39.8 Å². The summed E-state index contributed by atoms with van der Waals surface area (Å²) in [5.74, 6) is 0.959. The van der Waals surface area contributed by atoms with Crippen LogP contribution in [0.5, 0.6) is 5.88 Å². The Morgan fingerprint density at radius 3 is 2.62 bits per heavy atom. The van der Waals surface area contributed by atoms with Crippen LogP contribution in [-0.2, 0) is 4.79 Å². The van der Waals surface area contributed by atoms with E-state index in [4.69, 9.17) is 16.3 Å². The minimum Gasteiger partial charge on any atom is -0.462 e. The number of nitrogens with zero attached hydrogens (tertiary/aromatic N) is 3. The van der Waals surface area contributed by atoms with Gasteiger partial charge in [-0.15, -0.1) is 5.10 Å². The van der Waals surface area contributed by atoms with E-state index in [2.05, 4.69) is 12.0 Å². The van der Waals surface area contributed by atoms with E-state index in [1.165, 1.54) is 0 Å². The van der Waals surface area contributed by atoms with Crippen LogP contribution >= 0.6 is 11.6 Å². The fourth-order valence-electron chi connectivity index (χ4n) is 2.83. The van der Waals surface area contributed by atoms with E-state index in [9.17, 15) is 4.79 Å². The van der Waals surface area contributed by atoms with Crippen molar-refractivity contribution in [3.63, 3.8) is 0 Å². The zero-order chi connectivity index (χ0) is 17.1. The number of aromatic nitrogens is 2. The molecule has 1 aliphatic heterocycles. The van der Waals surface area contributed by atoms with Crippen molar-refractivity contribution in [3.05, 3.63) is 41.6 Å². The highest BCUT2D eigenvalue weighted by molar-refractivity contribution is 6.31. The van der Waals surface area contributed by atoms with Crippen molar-refractivity contribution >= 4 is 17.5 Å². The maximum atomic E-state index is 12.5. The molecule has 0 N–H and O–H groups in total. The van der Waals surface area contributed by atoms with Crippen molar-refractivity contribution in [2.75, 3.05) is 13.1 Å². The third-order valence-electron chi connectivity index (χ3n) is 4.39. The van der Waals surface area contributed by atoms with Crippen molar-refractivity contribution in [3.8, 4) is 11.6 Å². The molecule has 1 aromatic carbocycles. The Balaban J connectivity index is 1.67. The van der Waals surface area contributed by atoms with Crippen molar-refractivity contribution in [2.45, 2.75) is 32.8 Å². The van der Waals surface area contributed by atoms with Gasteiger partial charge in [-0.1, -0.05) is 36.7 Å². The Morgan fingerprint density at radius 1 is 1.29 bits per heavy atom. The third-order valence-corrected chi connectivity index (χ3v) is 4.65. The van der Waals surface area contributed by atoms with Crippen LogP contribution in [0.1, 0.15) is 26.7 Å². The first-order valence-electron chi connectivity index (χ1n) is 8.30. The van der Waals surface area contributed by atoms with Crippen molar-refractivity contribution < 1.29 is 9.53 Å². The Morgan fingerprint density at radius 2 is 1.96 bits per heavy atom. The fourth-order valence-corrected chi connectivity index (χ4v) is 3.01. The van der Waals surface area contributed by atoms with E-state index in [1.54, 1.807) is 17.8 Å². The average Bonchev–Trinajstić information content (AvgIpc) is 2.96. The standard InChI is InChI=1S/C18H22ClN3O2/c1-13-8-10-21(11-9-13)18(23)14(2)24-17-16(19)12-22(20-17)15-6-4-3-5-7-15/h3-7,12-14H,8-11H2,1-2H3/t14-/m0/s1. The first kappa shape index (κ1) is 16.8. The number of amides is 1. The second-order valence-corrected chi connectivity index (χ2v) is 6.74. The highest BCUT2D eigenvalue weighted by Crippen LogP contribution is 2.25. The van der Waals surface area contributed by atoms with Gasteiger partial charge in [-0.25, -0.2) is 4.68 Å². The summed E-state index contributed by atoms with van der Waals surface area (Å²) >= 11 is 6.22. The maximum absolute atomic E-state index is 12.5. The molecular formula is C18H22ClN3O2. The van der Waals surface area contributed by atoms with E-state index in [0.29, 0.717) is 10.9 Å². The first-order valence-corrected chi connectivity index (χ1v) is 8.68. The predicted octanol–water partition coefficient (Wildman–Crippen LogP) is 3.55. The molecule has 5 nitrogen and oxygen atoms in total. The average molecular weight is 348 g/mol. The Kier molecular flexibility index (Phi) is 5.09. The molecular weight excluding hydrogens is 326 g/mol. The van der Waals surface area contributed by atoms with Gasteiger partial charge < -0.3 is 9.64 Å². The van der Waals surface area contributed by atoms with Gasteiger partial charge in [0, 0.05) is 13.1 Å². The van der Waals surface area contributed by atoms with Crippen LogP contribution < -0.4 is 4.74 Å². The molecule has 1 amide bonds. The Hall–Kier alpha value is -2.01. The molecule has 0 spiro atoms. The molecule has 1 saturated heterocycles. The zero-order valence-corrected chi connectivity index (χ0v) is 14.7. The van der Waals surface area contributed by atoms with E-state index in [0.717, 1.165) is 31.6 Å². The van der Waals surface area contributed by atoms with E-state index in [-0.39, 0.29) is 11.8 Å². The normalized spacial score (nSPS) is 16.9. The van der Waals surface area contributed by atoms with Crippen LogP contribution in [0.15, 0.2) is 36.5 Å². The number of rotatable bonds is 4. The molecule has 2 heterocycles. The molecule has 0 bridgehead atoms. The highest BCUT2D eigenvalue weighted by Gasteiger charge is 2.26. The monoisotopic (exact) mass is 347 g/mol. The molecule has 0 radical (unpaired) electrons. The first-order chi connectivity index (χ1) is 11.5. The lowest BCUT2D eigenvalue weighted by molar-refractivity contribution is -0.139. The largest absolute Gasteiger partial charge is 0.462 e. The fraction of sp³-hybridized carbons (Fsp3) is 0.444. The molecule has 3 rings (SSSR count). The number of hydrogen-bond donors (Lipinski definition) is 0. The number of hydrogen-bond acceptors (Lipinski definition) is 3. The third kappa shape index (κ3) is 3.73. The molecule has 1 fully saturated rings. The van der Waals surface area contributed by atoms with E-state index in [1.807, 2.05) is 35.2 Å². The number of carbonyl (C=O) groups is 1. The minimum atomic E-state index is -0.602. The quantitative estimate of drug-likeness (QED) is 0.849. The van der Waals surface area contributed by atoms with Gasteiger partial charge in [0.1, 0.15) is 5.02 Å². The van der Waals surface area contributed by atoms with Gasteiger partial charge in [0.05, 0.1) is 11.9 Å². The highest BCUT2D eigenvalue weighted by atomic mass is 35.5. The predicted molar refractivity (Wildman–Crippen MR) is 93.6 cm³/mol. The van der Waals surface area contributed by atoms with Crippen molar-refractivity contribution in [2.24, 2.45) is 5.92 Å². The van der Waals surface area contributed by atoms with Gasteiger partial charge in [0.15, 0.2) is 6.10 Å². The van der Waals surface area contributed by atoms with E-state index >= 15 is 0 Å². The summed E-state index contributed by atoms with van der Waals surface area (Å²) in [6.45, 7) is 5.55. The summed E-state index contributed by atoms with van der Waals surface area (Å²) in [5, 5.41) is 4.75. The number of ether oxygens (including phenoxy) is 1. The molecule has 0 aliphatic carbocycles. The van der Waals surface area contributed by atoms with Gasteiger partial charge in [0.25, 0.3) is 11.8 Å². The lowest BCUT2D eigenvalue weighted by Crippen LogP contribution is -2.44. The zero-order valence-electron chi connectivity index (χ0n) is 14.0. The molecule has 1 aliphatic rings. The van der Waals surface area contributed by atoms with Crippen LogP contribution in [0.2, 0.25) is 5.02 Å². The molecule has 6 heteroatoms. The number of carbonyl (C=O) groups excluding carboxylic acids is 1. The number of piperidine rings is 1. The van der Waals surface area contributed by atoms with Crippen LogP contribution in [0.4, 0.5) is 0 Å². The topological polar surface area (TPSA) is 47.4 Å². The second-order valence-electron chi connectivity index (χ2n) is 6.33. The number of para-hydroxylation sites is 1. The molecule has 0 saturated carbocycles. The summed E-state index contributed by atoms with van der Waals surface area (Å²) in [7, 11) is 0. The van der Waals surface area contributed by atoms with Gasteiger partial charge >= 0.3 is 0 Å². The lowest BCUT2D eigenvalue weighted by atomic mass is 9.99. The number of likely N-dealkylation sites (tertiary alicyclic amines) is 1. The van der Waals surface area contributed by atoms with Crippen molar-refractivity contribution in [1.29, 1.82) is 0 Å². The number of benzene rings is 1. The molecule has 128 valence electrons. The van der Waals surface area contributed by atoms with Crippen LogP contribution in [0, 0.1) is 5.92 Å². The molecule has 0 unspecified atom stereocenters. The SMILES string of the molecule is CC1CCN(C(=O)[C@H](C)Oc2nn(-c3ccccc3)cc2Cl)CC1. The van der Waals surface area contributed by atoms with Crippen LogP contribution in [0.25, 0.3) is 5.69 Å². The summed E-state index contributed by atoms with van der Waals surface area (Å²) in [4.78, 5) is 14.4. The smallest absolute Gasteiger partial charge is 0.263 e. The van der Waals surface area contributed by atoms with E-state index < -0.39 is 6.10 Å². The van der Waals surface area contributed by atoms with Gasteiger partial charge in [-0.3, -0.25) is 4.79 Å².